The van der Waals surface area contributed by atoms with Gasteiger partial charge in [-0.15, -0.1) is 0 Å². The molecular weight excluding hydrogens is 188 g/mol. The Labute approximate surface area is 93.0 Å². The lowest BCUT2D eigenvalue weighted by Gasteiger charge is -2.39. The van der Waals surface area contributed by atoms with Gasteiger partial charge in [-0.3, -0.25) is 4.90 Å². The monoisotopic (exact) mass is 212 g/mol. The summed E-state index contributed by atoms with van der Waals surface area (Å²) in [5, 5.41) is 0. The van der Waals surface area contributed by atoms with Gasteiger partial charge in [0.1, 0.15) is 0 Å². The van der Waals surface area contributed by atoms with Gasteiger partial charge in [-0.05, 0) is 25.2 Å². The molecule has 2 N–H and O–H groups in total. The van der Waals surface area contributed by atoms with Crippen molar-refractivity contribution in [2.24, 2.45) is 11.1 Å². The summed E-state index contributed by atoms with van der Waals surface area (Å²) in [4.78, 5) is 2.53. The predicted molar refractivity (Wildman–Crippen MR) is 61.8 cm³/mol. The fourth-order valence-corrected chi connectivity index (χ4v) is 3.00. The van der Waals surface area contributed by atoms with E-state index in [-0.39, 0.29) is 0 Å². The average molecular weight is 212 g/mol. The summed E-state index contributed by atoms with van der Waals surface area (Å²) < 4.78 is 5.56. The van der Waals surface area contributed by atoms with Crippen LogP contribution in [0.1, 0.15) is 33.1 Å². The van der Waals surface area contributed by atoms with Crippen molar-refractivity contribution in [2.75, 3.05) is 26.2 Å². The molecule has 2 rings (SSSR count). The Bertz CT molecular complexity index is 222. The highest BCUT2D eigenvalue weighted by molar-refractivity contribution is 4.94. The third kappa shape index (κ3) is 2.52. The average Bonchev–Trinajstić information content (AvgIpc) is 2.47. The van der Waals surface area contributed by atoms with Crippen LogP contribution in [0.15, 0.2) is 0 Å². The number of morpholine rings is 1. The third-order valence-corrected chi connectivity index (χ3v) is 4.07. The van der Waals surface area contributed by atoms with Crippen molar-refractivity contribution in [3.63, 3.8) is 0 Å². The van der Waals surface area contributed by atoms with Gasteiger partial charge in [0, 0.05) is 25.7 Å². The molecule has 1 heterocycles. The molecule has 88 valence electrons. The molecule has 3 atom stereocenters. The van der Waals surface area contributed by atoms with Crippen LogP contribution >= 0.6 is 0 Å². The molecule has 1 aliphatic carbocycles. The summed E-state index contributed by atoms with van der Waals surface area (Å²) in [5.74, 6) is 0. The number of nitrogens with zero attached hydrogens (tertiary/aromatic N) is 1. The predicted octanol–water partition coefficient (Wildman–Crippen LogP) is 1.22. The van der Waals surface area contributed by atoms with Gasteiger partial charge in [0.2, 0.25) is 0 Å². The first-order valence-electron chi connectivity index (χ1n) is 6.20. The SMILES string of the molecule is CC1CN(CC2(C)CCCC2N)CCO1. The van der Waals surface area contributed by atoms with E-state index >= 15 is 0 Å². The second-order valence-corrected chi connectivity index (χ2v) is 5.57. The van der Waals surface area contributed by atoms with Gasteiger partial charge >= 0.3 is 0 Å². The maximum Gasteiger partial charge on any atom is 0.0674 e. The molecule has 0 aromatic carbocycles. The van der Waals surface area contributed by atoms with Crippen LogP contribution in [0.2, 0.25) is 0 Å². The van der Waals surface area contributed by atoms with E-state index in [1.807, 2.05) is 0 Å². The minimum atomic E-state index is 0.344. The quantitative estimate of drug-likeness (QED) is 0.748. The lowest BCUT2D eigenvalue weighted by molar-refractivity contribution is -0.0315. The first-order valence-corrected chi connectivity index (χ1v) is 6.20. The zero-order chi connectivity index (χ0) is 10.9. The fraction of sp³-hybridized carbons (Fsp3) is 1.00. The van der Waals surface area contributed by atoms with E-state index in [0.717, 1.165) is 26.2 Å². The molecular formula is C12H24N2O. The van der Waals surface area contributed by atoms with Crippen LogP contribution in [-0.2, 0) is 4.74 Å². The van der Waals surface area contributed by atoms with Gasteiger partial charge in [0.05, 0.1) is 12.7 Å². The first kappa shape index (κ1) is 11.4. The molecule has 0 bridgehead atoms. The molecule has 3 unspecified atom stereocenters. The molecule has 0 aromatic rings. The van der Waals surface area contributed by atoms with Crippen LogP contribution in [0.4, 0.5) is 0 Å². The maximum atomic E-state index is 6.21. The Morgan fingerprint density at radius 2 is 2.33 bits per heavy atom. The van der Waals surface area contributed by atoms with Crippen molar-refractivity contribution in [3.05, 3.63) is 0 Å². The minimum Gasteiger partial charge on any atom is -0.376 e. The highest BCUT2D eigenvalue weighted by Crippen LogP contribution is 2.37. The number of rotatable bonds is 2. The molecule has 3 nitrogen and oxygen atoms in total. The Balaban J connectivity index is 1.90. The van der Waals surface area contributed by atoms with Crippen LogP contribution in [-0.4, -0.2) is 43.3 Å². The van der Waals surface area contributed by atoms with E-state index in [4.69, 9.17) is 10.5 Å². The first-order chi connectivity index (χ1) is 7.10. The maximum absolute atomic E-state index is 6.21. The molecule has 1 aliphatic heterocycles. The van der Waals surface area contributed by atoms with Gasteiger partial charge in [0.25, 0.3) is 0 Å². The van der Waals surface area contributed by atoms with Gasteiger partial charge in [0.15, 0.2) is 0 Å². The topological polar surface area (TPSA) is 38.5 Å². The number of hydrogen-bond donors (Lipinski definition) is 1. The highest BCUT2D eigenvalue weighted by atomic mass is 16.5. The smallest absolute Gasteiger partial charge is 0.0674 e. The second-order valence-electron chi connectivity index (χ2n) is 5.57. The van der Waals surface area contributed by atoms with Gasteiger partial charge in [-0.2, -0.15) is 0 Å². The zero-order valence-electron chi connectivity index (χ0n) is 10.0. The largest absolute Gasteiger partial charge is 0.376 e. The molecule has 15 heavy (non-hydrogen) atoms. The molecule has 3 heteroatoms. The highest BCUT2D eigenvalue weighted by Gasteiger charge is 2.38. The van der Waals surface area contributed by atoms with Gasteiger partial charge < -0.3 is 10.5 Å². The Kier molecular flexibility index (Phi) is 3.33. The lowest BCUT2D eigenvalue weighted by Crippen LogP contribution is -2.49. The fourth-order valence-electron chi connectivity index (χ4n) is 3.00. The zero-order valence-corrected chi connectivity index (χ0v) is 10.0. The van der Waals surface area contributed by atoms with Crippen molar-refractivity contribution < 1.29 is 4.74 Å². The Hall–Kier alpha value is -0.120. The summed E-state index contributed by atoms with van der Waals surface area (Å²) in [7, 11) is 0. The van der Waals surface area contributed by atoms with Crippen LogP contribution in [0.5, 0.6) is 0 Å². The summed E-state index contributed by atoms with van der Waals surface area (Å²) in [6, 6.07) is 0.399. The standard InChI is InChI=1S/C12H24N2O/c1-10-8-14(6-7-15-10)9-12(2)5-3-4-11(12)13/h10-11H,3-9,13H2,1-2H3. The summed E-state index contributed by atoms with van der Waals surface area (Å²) >= 11 is 0. The summed E-state index contributed by atoms with van der Waals surface area (Å²) in [5.41, 5.74) is 6.55. The number of hydrogen-bond acceptors (Lipinski definition) is 3. The molecule has 1 saturated heterocycles. The van der Waals surface area contributed by atoms with E-state index in [0.29, 0.717) is 17.6 Å². The van der Waals surface area contributed by atoms with Crippen LogP contribution in [0, 0.1) is 5.41 Å². The van der Waals surface area contributed by atoms with Crippen LogP contribution in [0.3, 0.4) is 0 Å². The third-order valence-electron chi connectivity index (χ3n) is 4.07. The normalized spacial score (nSPS) is 43.4. The van der Waals surface area contributed by atoms with Crippen LogP contribution in [0.25, 0.3) is 0 Å². The summed E-state index contributed by atoms with van der Waals surface area (Å²) in [6.45, 7) is 8.69. The van der Waals surface area contributed by atoms with Crippen molar-refractivity contribution in [3.8, 4) is 0 Å². The van der Waals surface area contributed by atoms with E-state index in [2.05, 4.69) is 18.7 Å². The summed E-state index contributed by atoms with van der Waals surface area (Å²) in [6.07, 6.45) is 4.19. The molecule has 0 amide bonds. The number of nitrogens with two attached hydrogens (primary N) is 1. The molecule has 0 aromatic heterocycles. The Morgan fingerprint density at radius 1 is 1.53 bits per heavy atom. The van der Waals surface area contributed by atoms with E-state index in [1.165, 1.54) is 19.3 Å². The molecule has 2 aliphatic rings. The molecule has 1 saturated carbocycles. The van der Waals surface area contributed by atoms with Gasteiger partial charge in [-0.25, -0.2) is 0 Å². The van der Waals surface area contributed by atoms with Crippen molar-refractivity contribution >= 4 is 0 Å². The van der Waals surface area contributed by atoms with Crippen LogP contribution < -0.4 is 5.73 Å². The van der Waals surface area contributed by atoms with Gasteiger partial charge in [-0.1, -0.05) is 13.3 Å². The number of ether oxygens (including phenoxy) is 1. The minimum absolute atomic E-state index is 0.344. The molecule has 0 radical (unpaired) electrons. The van der Waals surface area contributed by atoms with E-state index in [9.17, 15) is 0 Å². The van der Waals surface area contributed by atoms with Crippen molar-refractivity contribution in [1.82, 2.24) is 4.90 Å². The molecule has 2 fully saturated rings. The Morgan fingerprint density at radius 3 is 2.93 bits per heavy atom. The second kappa shape index (κ2) is 4.40. The van der Waals surface area contributed by atoms with Crippen molar-refractivity contribution in [2.45, 2.75) is 45.3 Å². The van der Waals surface area contributed by atoms with E-state index in [1.54, 1.807) is 0 Å². The lowest BCUT2D eigenvalue weighted by atomic mass is 9.84. The van der Waals surface area contributed by atoms with Crippen molar-refractivity contribution in [1.29, 1.82) is 0 Å². The molecule has 0 spiro atoms. The van der Waals surface area contributed by atoms with E-state index < -0.39 is 0 Å².